The third-order valence-electron chi connectivity index (χ3n) is 5.07. The summed E-state index contributed by atoms with van der Waals surface area (Å²) in [6.07, 6.45) is 9.12. The molecule has 0 atom stereocenters. The van der Waals surface area contributed by atoms with Gasteiger partial charge in [-0.1, -0.05) is 50.3 Å². The highest BCUT2D eigenvalue weighted by molar-refractivity contribution is 5.33. The molecule has 21 heavy (non-hydrogen) atoms. The fraction of sp³-hybridized carbons (Fsp3) is 0.667. The van der Waals surface area contributed by atoms with Crippen LogP contribution in [-0.2, 0) is 6.54 Å². The monoisotopic (exact) mass is 290 g/mol. The molecule has 0 radical (unpaired) electrons. The standard InChI is InChI=1S/C18H30N2O/c1-20(14-16-10-6-7-11-17(16)21-2)18(15-19)12-8-4-3-5-9-13-18/h6-7,10-11H,3-5,8-9,12-15,19H2,1-2H3. The predicted molar refractivity (Wildman–Crippen MR) is 88.6 cm³/mol. The SMILES string of the molecule is COc1ccccc1CN(C)C1(CN)CCCCCCC1. The highest BCUT2D eigenvalue weighted by Crippen LogP contribution is 2.32. The van der Waals surface area contributed by atoms with E-state index in [1.54, 1.807) is 7.11 Å². The molecule has 1 aromatic rings. The Kier molecular flexibility index (Phi) is 6.07. The van der Waals surface area contributed by atoms with Gasteiger partial charge < -0.3 is 10.5 Å². The van der Waals surface area contributed by atoms with Gasteiger partial charge >= 0.3 is 0 Å². The summed E-state index contributed by atoms with van der Waals surface area (Å²) in [6.45, 7) is 1.65. The van der Waals surface area contributed by atoms with Crippen molar-refractivity contribution in [3.63, 3.8) is 0 Å². The summed E-state index contributed by atoms with van der Waals surface area (Å²) < 4.78 is 5.49. The molecule has 0 unspecified atom stereocenters. The Balaban J connectivity index is 2.13. The van der Waals surface area contributed by atoms with Crippen molar-refractivity contribution in [2.45, 2.75) is 57.0 Å². The van der Waals surface area contributed by atoms with Crippen molar-refractivity contribution < 1.29 is 4.74 Å². The normalized spacial score (nSPS) is 19.0. The van der Waals surface area contributed by atoms with E-state index in [0.29, 0.717) is 0 Å². The molecule has 0 heterocycles. The molecular formula is C18H30N2O. The van der Waals surface area contributed by atoms with Crippen molar-refractivity contribution in [1.29, 1.82) is 0 Å². The molecule has 118 valence electrons. The lowest BCUT2D eigenvalue weighted by atomic mass is 9.82. The first kappa shape index (κ1) is 16.3. The van der Waals surface area contributed by atoms with E-state index in [9.17, 15) is 0 Å². The van der Waals surface area contributed by atoms with Gasteiger partial charge in [0.25, 0.3) is 0 Å². The third-order valence-corrected chi connectivity index (χ3v) is 5.07. The number of hydrogen-bond donors (Lipinski definition) is 1. The summed E-state index contributed by atoms with van der Waals surface area (Å²) >= 11 is 0. The van der Waals surface area contributed by atoms with Crippen molar-refractivity contribution in [2.24, 2.45) is 5.73 Å². The van der Waals surface area contributed by atoms with Gasteiger partial charge in [0.2, 0.25) is 0 Å². The highest BCUT2D eigenvalue weighted by atomic mass is 16.5. The predicted octanol–water partition coefficient (Wildman–Crippen LogP) is 3.57. The molecule has 0 aromatic heterocycles. The summed E-state index contributed by atoms with van der Waals surface area (Å²) in [4.78, 5) is 2.47. The number of hydrogen-bond acceptors (Lipinski definition) is 3. The van der Waals surface area contributed by atoms with Crippen LogP contribution < -0.4 is 10.5 Å². The molecule has 0 saturated heterocycles. The van der Waals surface area contributed by atoms with E-state index < -0.39 is 0 Å². The molecule has 0 spiro atoms. The minimum atomic E-state index is 0.154. The van der Waals surface area contributed by atoms with Gasteiger partial charge in [-0.25, -0.2) is 0 Å². The third kappa shape index (κ3) is 3.98. The second-order valence-corrected chi connectivity index (χ2v) is 6.36. The first-order chi connectivity index (χ1) is 10.2. The van der Waals surface area contributed by atoms with Gasteiger partial charge in [-0.2, -0.15) is 0 Å². The summed E-state index contributed by atoms with van der Waals surface area (Å²) in [7, 11) is 3.97. The second kappa shape index (κ2) is 7.81. The van der Waals surface area contributed by atoms with Gasteiger partial charge in [0.05, 0.1) is 7.11 Å². The van der Waals surface area contributed by atoms with Crippen LogP contribution in [0.2, 0.25) is 0 Å². The maximum absolute atomic E-state index is 6.21. The highest BCUT2D eigenvalue weighted by Gasteiger charge is 2.33. The van der Waals surface area contributed by atoms with Crippen LogP contribution in [0.3, 0.4) is 0 Å². The zero-order chi connectivity index (χ0) is 15.1. The van der Waals surface area contributed by atoms with Crippen LogP contribution in [0.25, 0.3) is 0 Å². The van der Waals surface area contributed by atoms with Crippen molar-refractivity contribution in [2.75, 3.05) is 20.7 Å². The van der Waals surface area contributed by atoms with Crippen LogP contribution in [0, 0.1) is 0 Å². The summed E-state index contributed by atoms with van der Waals surface area (Å²) in [5, 5.41) is 0. The van der Waals surface area contributed by atoms with E-state index in [1.165, 1.54) is 50.5 Å². The number of para-hydroxylation sites is 1. The average molecular weight is 290 g/mol. The van der Waals surface area contributed by atoms with E-state index in [2.05, 4.69) is 24.1 Å². The Bertz CT molecular complexity index is 425. The van der Waals surface area contributed by atoms with Crippen molar-refractivity contribution in [3.8, 4) is 5.75 Å². The number of nitrogens with two attached hydrogens (primary N) is 1. The van der Waals surface area contributed by atoms with Gasteiger partial charge in [0, 0.05) is 24.2 Å². The summed E-state index contributed by atoms with van der Waals surface area (Å²) in [5.41, 5.74) is 7.61. The maximum Gasteiger partial charge on any atom is 0.123 e. The smallest absolute Gasteiger partial charge is 0.123 e. The van der Waals surface area contributed by atoms with Crippen LogP contribution in [0.4, 0.5) is 0 Å². The number of likely N-dealkylation sites (N-methyl/N-ethyl adjacent to an activating group) is 1. The number of rotatable bonds is 5. The molecule has 0 bridgehead atoms. The quantitative estimate of drug-likeness (QED) is 0.901. The molecule has 1 aliphatic rings. The molecule has 1 aromatic carbocycles. The van der Waals surface area contributed by atoms with E-state index in [-0.39, 0.29) is 5.54 Å². The zero-order valence-corrected chi connectivity index (χ0v) is 13.6. The van der Waals surface area contributed by atoms with Gasteiger partial charge in [-0.15, -0.1) is 0 Å². The molecule has 0 amide bonds. The maximum atomic E-state index is 6.21. The lowest BCUT2D eigenvalue weighted by Crippen LogP contribution is -2.52. The number of ether oxygens (including phenoxy) is 1. The Morgan fingerprint density at radius 3 is 2.33 bits per heavy atom. The van der Waals surface area contributed by atoms with Crippen LogP contribution in [0.15, 0.2) is 24.3 Å². The Morgan fingerprint density at radius 1 is 1.10 bits per heavy atom. The fourth-order valence-electron chi connectivity index (χ4n) is 3.56. The van der Waals surface area contributed by atoms with E-state index in [0.717, 1.165) is 18.8 Å². The summed E-state index contributed by atoms with van der Waals surface area (Å²) in [6, 6.07) is 8.30. The molecule has 1 fully saturated rings. The molecule has 3 nitrogen and oxygen atoms in total. The lowest BCUT2D eigenvalue weighted by molar-refractivity contribution is 0.0858. The van der Waals surface area contributed by atoms with Crippen LogP contribution >= 0.6 is 0 Å². The minimum absolute atomic E-state index is 0.154. The topological polar surface area (TPSA) is 38.5 Å². The van der Waals surface area contributed by atoms with Crippen molar-refractivity contribution >= 4 is 0 Å². The average Bonchev–Trinajstić information content (AvgIpc) is 2.48. The number of nitrogens with zero attached hydrogens (tertiary/aromatic N) is 1. The molecular weight excluding hydrogens is 260 g/mol. The van der Waals surface area contributed by atoms with E-state index in [1.807, 2.05) is 12.1 Å². The van der Waals surface area contributed by atoms with Gasteiger partial charge in [0.1, 0.15) is 5.75 Å². The first-order valence-electron chi connectivity index (χ1n) is 8.25. The van der Waals surface area contributed by atoms with Crippen LogP contribution in [-0.4, -0.2) is 31.1 Å². The van der Waals surface area contributed by atoms with Crippen LogP contribution in [0.1, 0.15) is 50.5 Å². The van der Waals surface area contributed by atoms with Gasteiger partial charge in [0.15, 0.2) is 0 Å². The van der Waals surface area contributed by atoms with E-state index >= 15 is 0 Å². The molecule has 1 saturated carbocycles. The first-order valence-corrected chi connectivity index (χ1v) is 8.25. The Labute approximate surface area is 129 Å². The van der Waals surface area contributed by atoms with Crippen molar-refractivity contribution in [3.05, 3.63) is 29.8 Å². The Hall–Kier alpha value is -1.06. The van der Waals surface area contributed by atoms with Gasteiger partial charge in [-0.05, 0) is 26.0 Å². The molecule has 0 aliphatic heterocycles. The zero-order valence-electron chi connectivity index (χ0n) is 13.6. The lowest BCUT2D eigenvalue weighted by Gasteiger charge is -2.43. The Morgan fingerprint density at radius 2 is 1.71 bits per heavy atom. The minimum Gasteiger partial charge on any atom is -0.496 e. The summed E-state index contributed by atoms with van der Waals surface area (Å²) in [5.74, 6) is 0.974. The molecule has 2 N–H and O–H groups in total. The number of benzene rings is 1. The fourth-order valence-corrected chi connectivity index (χ4v) is 3.56. The van der Waals surface area contributed by atoms with Gasteiger partial charge in [-0.3, -0.25) is 4.90 Å². The largest absolute Gasteiger partial charge is 0.496 e. The molecule has 1 aliphatic carbocycles. The second-order valence-electron chi connectivity index (χ2n) is 6.36. The molecule has 2 rings (SSSR count). The molecule has 3 heteroatoms. The van der Waals surface area contributed by atoms with Crippen LogP contribution in [0.5, 0.6) is 5.75 Å². The van der Waals surface area contributed by atoms with E-state index in [4.69, 9.17) is 10.5 Å². The number of methoxy groups -OCH3 is 1. The van der Waals surface area contributed by atoms with Crippen molar-refractivity contribution in [1.82, 2.24) is 4.90 Å².